The van der Waals surface area contributed by atoms with Crippen molar-refractivity contribution in [3.05, 3.63) is 51.7 Å². The molecule has 0 atom stereocenters. The number of benzene rings is 1. The van der Waals surface area contributed by atoms with Crippen LogP contribution in [-0.4, -0.2) is 46.0 Å². The summed E-state index contributed by atoms with van der Waals surface area (Å²) in [4.78, 5) is 34.6. The van der Waals surface area contributed by atoms with Crippen LogP contribution >= 0.6 is 0 Å². The summed E-state index contributed by atoms with van der Waals surface area (Å²) in [6.45, 7) is 4.69. The quantitative estimate of drug-likeness (QED) is 0.313. The molecular formula is C17H22N6O6. The maximum absolute atomic E-state index is 12.3. The lowest BCUT2D eigenvalue weighted by Gasteiger charge is -2.17. The number of nitrogens with zero attached hydrogens (tertiary/aromatic N) is 3. The van der Waals surface area contributed by atoms with Crippen LogP contribution in [0.2, 0.25) is 0 Å². The Morgan fingerprint density at radius 1 is 1.24 bits per heavy atom. The van der Waals surface area contributed by atoms with Crippen LogP contribution < -0.4 is 16.6 Å². The van der Waals surface area contributed by atoms with E-state index in [4.69, 9.17) is 15.2 Å². The van der Waals surface area contributed by atoms with Gasteiger partial charge in [0.25, 0.3) is 17.5 Å². The molecule has 0 radical (unpaired) electrons. The van der Waals surface area contributed by atoms with Gasteiger partial charge in [0.1, 0.15) is 11.4 Å². The molecule has 1 aromatic carbocycles. The molecule has 0 aliphatic carbocycles. The van der Waals surface area contributed by atoms with Gasteiger partial charge in [0.05, 0.1) is 17.7 Å². The number of hydrogen-bond donors (Lipinski definition) is 3. The minimum absolute atomic E-state index is 0.0134. The van der Waals surface area contributed by atoms with Crippen molar-refractivity contribution >= 4 is 23.3 Å². The number of nitro benzene ring substituents is 1. The molecule has 0 saturated carbocycles. The predicted molar refractivity (Wildman–Crippen MR) is 102 cm³/mol. The molecule has 29 heavy (non-hydrogen) atoms. The lowest BCUT2D eigenvalue weighted by atomic mass is 10.2. The average Bonchev–Trinajstić information content (AvgIpc) is 3.06. The Kier molecular flexibility index (Phi) is 7.62. The van der Waals surface area contributed by atoms with Gasteiger partial charge in [-0.2, -0.15) is 5.10 Å². The zero-order chi connectivity index (χ0) is 21.4. The van der Waals surface area contributed by atoms with Crippen LogP contribution in [-0.2, 0) is 16.0 Å². The molecule has 0 unspecified atom stereocenters. The number of nitrogen functional groups attached to an aromatic ring is 1. The van der Waals surface area contributed by atoms with Gasteiger partial charge >= 0.3 is 0 Å². The van der Waals surface area contributed by atoms with E-state index in [1.165, 1.54) is 29.1 Å². The molecule has 156 valence electrons. The van der Waals surface area contributed by atoms with Gasteiger partial charge in [-0.05, 0) is 19.9 Å². The normalized spacial score (nSPS) is 10.7. The smallest absolute Gasteiger partial charge is 0.275 e. The highest BCUT2D eigenvalue weighted by atomic mass is 16.7. The third-order valence-corrected chi connectivity index (χ3v) is 3.76. The Labute approximate surface area is 166 Å². The molecule has 0 aliphatic rings. The van der Waals surface area contributed by atoms with Gasteiger partial charge in [-0.3, -0.25) is 30.6 Å². The second-order valence-corrected chi connectivity index (χ2v) is 5.68. The van der Waals surface area contributed by atoms with Crippen molar-refractivity contribution in [1.29, 1.82) is 0 Å². The number of nitrogens with one attached hydrogen (secondary N) is 2. The first-order valence-corrected chi connectivity index (χ1v) is 8.76. The van der Waals surface area contributed by atoms with Crippen LogP contribution in [0.5, 0.6) is 0 Å². The van der Waals surface area contributed by atoms with E-state index >= 15 is 0 Å². The second kappa shape index (κ2) is 10.1. The predicted octanol–water partition coefficient (Wildman–Crippen LogP) is 0.847. The van der Waals surface area contributed by atoms with E-state index in [-0.39, 0.29) is 29.2 Å². The van der Waals surface area contributed by atoms with E-state index in [2.05, 4.69) is 16.0 Å². The highest BCUT2D eigenvalue weighted by molar-refractivity contribution is 6.01. The number of carbonyl (C=O) groups excluding carboxylic acids is 2. The molecule has 12 heteroatoms. The molecule has 4 N–H and O–H groups in total. The standard InChI is InChI=1S/C17H22N6O6/c1-3-28-14(29-4-2)10-22-15(18)13(9-19-22)17(25)21-20-16(24)11-6-5-7-12(8-11)23(26)27/h5-9,14H,3-4,10,18H2,1-2H3,(H,20,24)(H,21,25). The summed E-state index contributed by atoms with van der Waals surface area (Å²) in [5.41, 5.74) is 10.1. The second-order valence-electron chi connectivity index (χ2n) is 5.68. The number of non-ortho nitro benzene ring substituents is 1. The zero-order valence-corrected chi connectivity index (χ0v) is 16.0. The number of ether oxygens (including phenoxy) is 2. The van der Waals surface area contributed by atoms with Crippen LogP contribution in [0.1, 0.15) is 34.6 Å². The zero-order valence-electron chi connectivity index (χ0n) is 16.0. The first-order chi connectivity index (χ1) is 13.9. The van der Waals surface area contributed by atoms with Crippen LogP contribution in [0, 0.1) is 10.1 Å². The molecule has 0 bridgehead atoms. The lowest BCUT2D eigenvalue weighted by Crippen LogP contribution is -2.41. The third-order valence-electron chi connectivity index (χ3n) is 3.76. The van der Waals surface area contributed by atoms with Gasteiger partial charge in [-0.1, -0.05) is 6.07 Å². The van der Waals surface area contributed by atoms with Crippen LogP contribution in [0.4, 0.5) is 11.5 Å². The van der Waals surface area contributed by atoms with Crippen LogP contribution in [0.15, 0.2) is 30.5 Å². The molecule has 0 saturated heterocycles. The lowest BCUT2D eigenvalue weighted by molar-refractivity contribution is -0.384. The van der Waals surface area contributed by atoms with E-state index in [1.54, 1.807) is 0 Å². The van der Waals surface area contributed by atoms with Gasteiger partial charge < -0.3 is 15.2 Å². The van der Waals surface area contributed by atoms with E-state index in [0.29, 0.717) is 13.2 Å². The number of carbonyl (C=O) groups is 2. The summed E-state index contributed by atoms with van der Waals surface area (Å²) in [6, 6.07) is 5.09. The van der Waals surface area contributed by atoms with E-state index in [9.17, 15) is 19.7 Å². The van der Waals surface area contributed by atoms with E-state index in [1.807, 2.05) is 13.8 Å². The number of nitrogens with two attached hydrogens (primary N) is 1. The molecule has 12 nitrogen and oxygen atoms in total. The number of amides is 2. The number of rotatable bonds is 9. The summed E-state index contributed by atoms with van der Waals surface area (Å²) in [5.74, 6) is -1.35. The monoisotopic (exact) mass is 406 g/mol. The first kappa shape index (κ1) is 21.8. The fourth-order valence-electron chi connectivity index (χ4n) is 2.40. The van der Waals surface area contributed by atoms with Crippen molar-refractivity contribution in [3.63, 3.8) is 0 Å². The highest BCUT2D eigenvalue weighted by Crippen LogP contribution is 2.14. The minimum Gasteiger partial charge on any atom is -0.383 e. The minimum atomic E-state index is -0.722. The molecule has 1 aromatic heterocycles. The molecule has 0 spiro atoms. The van der Waals surface area contributed by atoms with Crippen molar-refractivity contribution < 1.29 is 24.0 Å². The van der Waals surface area contributed by atoms with Gasteiger partial charge in [0, 0.05) is 30.9 Å². The van der Waals surface area contributed by atoms with Crippen molar-refractivity contribution in [2.75, 3.05) is 18.9 Å². The summed E-state index contributed by atoms with van der Waals surface area (Å²) in [6.07, 6.45) is 0.677. The SMILES string of the molecule is CCOC(Cn1ncc(C(=O)NNC(=O)c2cccc([N+](=O)[O-])c2)c1N)OCC. The van der Waals surface area contributed by atoms with Crippen molar-refractivity contribution in [2.45, 2.75) is 26.7 Å². The Balaban J connectivity index is 2.00. The summed E-state index contributed by atoms with van der Waals surface area (Å²) in [7, 11) is 0. The fraction of sp³-hybridized carbons (Fsp3) is 0.353. The summed E-state index contributed by atoms with van der Waals surface area (Å²) >= 11 is 0. The number of nitro groups is 1. The van der Waals surface area contributed by atoms with Gasteiger partial charge in [0.15, 0.2) is 6.29 Å². The van der Waals surface area contributed by atoms with E-state index in [0.717, 1.165) is 6.07 Å². The summed E-state index contributed by atoms with van der Waals surface area (Å²) in [5, 5.41) is 14.8. The molecule has 0 aliphatic heterocycles. The first-order valence-electron chi connectivity index (χ1n) is 8.76. The fourth-order valence-corrected chi connectivity index (χ4v) is 2.40. The highest BCUT2D eigenvalue weighted by Gasteiger charge is 2.19. The molecular weight excluding hydrogens is 384 g/mol. The third kappa shape index (κ3) is 5.73. The maximum Gasteiger partial charge on any atom is 0.275 e. The Morgan fingerprint density at radius 2 is 1.90 bits per heavy atom. The van der Waals surface area contributed by atoms with Gasteiger partial charge in [-0.15, -0.1) is 0 Å². The Bertz CT molecular complexity index is 877. The largest absolute Gasteiger partial charge is 0.383 e. The van der Waals surface area contributed by atoms with Crippen molar-refractivity contribution in [2.24, 2.45) is 0 Å². The van der Waals surface area contributed by atoms with Crippen molar-refractivity contribution in [3.8, 4) is 0 Å². The van der Waals surface area contributed by atoms with Gasteiger partial charge in [0.2, 0.25) is 0 Å². The van der Waals surface area contributed by atoms with Crippen molar-refractivity contribution in [1.82, 2.24) is 20.6 Å². The number of aromatic nitrogens is 2. The molecule has 2 rings (SSSR count). The topological polar surface area (TPSA) is 164 Å². The number of hydrogen-bond acceptors (Lipinski definition) is 8. The number of hydrazine groups is 1. The summed E-state index contributed by atoms with van der Waals surface area (Å²) < 4.78 is 12.2. The average molecular weight is 406 g/mol. The molecule has 2 aromatic rings. The maximum atomic E-state index is 12.3. The van der Waals surface area contributed by atoms with Crippen LogP contribution in [0.25, 0.3) is 0 Å². The number of anilines is 1. The molecule has 0 fully saturated rings. The van der Waals surface area contributed by atoms with E-state index < -0.39 is 23.0 Å². The molecule has 2 amide bonds. The Morgan fingerprint density at radius 3 is 2.52 bits per heavy atom. The van der Waals surface area contributed by atoms with Crippen LogP contribution in [0.3, 0.4) is 0 Å². The van der Waals surface area contributed by atoms with Gasteiger partial charge in [-0.25, -0.2) is 4.68 Å². The Hall–Kier alpha value is -3.51. The molecule has 1 heterocycles.